The topological polar surface area (TPSA) is 94.2 Å². The molecule has 102 valence electrons. The maximum absolute atomic E-state index is 12.0. The number of carbonyl (C=O) groups is 1. The lowest BCUT2D eigenvalue weighted by Crippen LogP contribution is -2.30. The van der Waals surface area contributed by atoms with Crippen LogP contribution in [0.15, 0.2) is 34.0 Å². The fourth-order valence-corrected chi connectivity index (χ4v) is 2.43. The predicted molar refractivity (Wildman–Crippen MR) is 66.0 cm³/mol. The number of carbonyl (C=O) groups excluding carboxylic acids is 1. The number of sulfonamides is 1. The summed E-state index contributed by atoms with van der Waals surface area (Å²) in [5.74, 6) is -0.368. The lowest BCUT2D eigenvalue weighted by atomic mass is 10.2. The van der Waals surface area contributed by atoms with Crippen LogP contribution >= 0.6 is 0 Å². The molecule has 0 unspecified atom stereocenters. The molecule has 2 rings (SSSR count). The summed E-state index contributed by atoms with van der Waals surface area (Å²) >= 11 is 0. The quantitative estimate of drug-likeness (QED) is 0.900. The van der Waals surface area contributed by atoms with Gasteiger partial charge in [-0.2, -0.15) is 5.10 Å². The second kappa shape index (κ2) is 4.88. The first-order chi connectivity index (χ1) is 8.94. The summed E-state index contributed by atoms with van der Waals surface area (Å²) in [4.78, 5) is 11.8. The number of amides is 1. The molecule has 2 aromatic rings. The van der Waals surface area contributed by atoms with Gasteiger partial charge in [0.25, 0.3) is 15.9 Å². The minimum absolute atomic E-state index is 0.0520. The molecule has 0 saturated heterocycles. The molecule has 2 aromatic heterocycles. The molecule has 8 heteroatoms. The molecule has 0 bridgehead atoms. The molecule has 0 atom stereocenters. The second-order valence-corrected chi connectivity index (χ2v) is 5.54. The zero-order valence-electron chi connectivity index (χ0n) is 10.5. The summed E-state index contributed by atoms with van der Waals surface area (Å²) in [5, 5.41) is 3.86. The third-order valence-electron chi connectivity index (χ3n) is 2.57. The van der Waals surface area contributed by atoms with E-state index >= 15 is 0 Å². The first kappa shape index (κ1) is 13.3. The van der Waals surface area contributed by atoms with Crippen LogP contribution in [-0.4, -0.2) is 24.1 Å². The highest BCUT2D eigenvalue weighted by molar-refractivity contribution is 7.90. The van der Waals surface area contributed by atoms with Gasteiger partial charge in [0.05, 0.1) is 18.0 Å². The number of hydrogen-bond donors (Lipinski definition) is 1. The Morgan fingerprint density at radius 1 is 1.53 bits per heavy atom. The number of rotatable bonds is 4. The van der Waals surface area contributed by atoms with Gasteiger partial charge in [-0.1, -0.05) is 0 Å². The van der Waals surface area contributed by atoms with Crippen LogP contribution in [0.3, 0.4) is 0 Å². The molecular weight excluding hydrogens is 270 g/mol. The summed E-state index contributed by atoms with van der Waals surface area (Å²) in [6, 6.07) is 1.41. The van der Waals surface area contributed by atoms with Gasteiger partial charge in [-0.3, -0.25) is 9.48 Å². The number of hydrogen-bond acceptors (Lipinski definition) is 5. The van der Waals surface area contributed by atoms with Gasteiger partial charge in [0, 0.05) is 12.7 Å². The molecule has 0 radical (unpaired) electrons. The lowest BCUT2D eigenvalue weighted by Gasteiger charge is -2.03. The molecule has 0 aliphatic rings. The van der Waals surface area contributed by atoms with E-state index in [2.05, 4.69) is 5.10 Å². The molecule has 0 spiro atoms. The van der Waals surface area contributed by atoms with Crippen LogP contribution in [-0.2, 0) is 16.6 Å². The van der Waals surface area contributed by atoms with Gasteiger partial charge in [-0.05, 0) is 19.9 Å². The monoisotopic (exact) mass is 283 g/mol. The van der Waals surface area contributed by atoms with Crippen molar-refractivity contribution in [1.82, 2.24) is 14.5 Å². The molecule has 2 heterocycles. The van der Waals surface area contributed by atoms with Gasteiger partial charge in [-0.25, -0.2) is 13.1 Å². The second-order valence-electron chi connectivity index (χ2n) is 3.86. The first-order valence-electron chi connectivity index (χ1n) is 5.57. The first-order valence-corrected chi connectivity index (χ1v) is 7.06. The van der Waals surface area contributed by atoms with Gasteiger partial charge in [-0.15, -0.1) is 0 Å². The minimum atomic E-state index is -3.92. The van der Waals surface area contributed by atoms with Crippen LogP contribution in [0.25, 0.3) is 0 Å². The maximum Gasteiger partial charge on any atom is 0.268 e. The molecule has 19 heavy (non-hydrogen) atoms. The predicted octanol–water partition coefficient (Wildman–Crippen LogP) is 0.923. The largest absolute Gasteiger partial charge is 0.469 e. The van der Waals surface area contributed by atoms with Crippen molar-refractivity contribution < 1.29 is 17.6 Å². The van der Waals surface area contributed by atoms with E-state index in [9.17, 15) is 13.2 Å². The van der Waals surface area contributed by atoms with Gasteiger partial charge in [0.2, 0.25) is 0 Å². The third-order valence-corrected chi connectivity index (χ3v) is 3.86. The number of furan rings is 1. The Balaban J connectivity index is 2.22. The average molecular weight is 283 g/mol. The van der Waals surface area contributed by atoms with Gasteiger partial charge < -0.3 is 4.42 Å². The van der Waals surface area contributed by atoms with Gasteiger partial charge >= 0.3 is 0 Å². The minimum Gasteiger partial charge on any atom is -0.469 e. The highest BCUT2D eigenvalue weighted by atomic mass is 32.2. The molecule has 7 nitrogen and oxygen atoms in total. The SMILES string of the molecule is CCn1cc(S(=O)(=O)NC(=O)c2ccoc2C)cn1. The Hall–Kier alpha value is -2.09. The Bertz CT molecular complexity index is 699. The summed E-state index contributed by atoms with van der Waals surface area (Å²) in [6.45, 7) is 3.96. The Morgan fingerprint density at radius 2 is 2.26 bits per heavy atom. The normalized spacial score (nSPS) is 11.5. The molecule has 0 aliphatic carbocycles. The van der Waals surface area contributed by atoms with Crippen molar-refractivity contribution in [2.75, 3.05) is 0 Å². The number of aromatic nitrogens is 2. The third kappa shape index (κ3) is 2.68. The number of nitrogens with one attached hydrogen (secondary N) is 1. The van der Waals surface area contributed by atoms with Gasteiger partial charge in [0.15, 0.2) is 0 Å². The van der Waals surface area contributed by atoms with Crippen LogP contribution in [0.2, 0.25) is 0 Å². The Morgan fingerprint density at radius 3 is 2.79 bits per heavy atom. The van der Waals surface area contributed by atoms with E-state index in [1.54, 1.807) is 6.92 Å². The van der Waals surface area contributed by atoms with Crippen molar-refractivity contribution in [3.05, 3.63) is 36.0 Å². The smallest absolute Gasteiger partial charge is 0.268 e. The summed E-state index contributed by atoms with van der Waals surface area (Å²) in [7, 11) is -3.92. The molecule has 0 aromatic carbocycles. The maximum atomic E-state index is 12.0. The van der Waals surface area contributed by atoms with Crippen molar-refractivity contribution in [3.8, 4) is 0 Å². The van der Waals surface area contributed by atoms with Crippen molar-refractivity contribution >= 4 is 15.9 Å². The highest BCUT2D eigenvalue weighted by Crippen LogP contribution is 2.11. The zero-order valence-corrected chi connectivity index (χ0v) is 11.3. The summed E-state index contributed by atoms with van der Waals surface area (Å²) < 4.78 is 32.3. The van der Waals surface area contributed by atoms with E-state index in [1.807, 2.05) is 11.6 Å². The standard InChI is InChI=1S/C11H13N3O4S/c1-3-14-7-9(6-12-14)19(16,17)13-11(15)10-4-5-18-8(10)2/h4-7H,3H2,1-2H3,(H,13,15). The molecule has 0 aliphatic heterocycles. The van der Waals surface area contributed by atoms with Crippen molar-refractivity contribution in [1.29, 1.82) is 0 Å². The highest BCUT2D eigenvalue weighted by Gasteiger charge is 2.22. The van der Waals surface area contributed by atoms with Crippen LogP contribution in [0.5, 0.6) is 0 Å². The van der Waals surface area contributed by atoms with E-state index < -0.39 is 15.9 Å². The molecular formula is C11H13N3O4S. The number of aryl methyl sites for hydroxylation is 2. The number of nitrogens with zero attached hydrogens (tertiary/aromatic N) is 2. The van der Waals surface area contributed by atoms with Crippen molar-refractivity contribution in [2.45, 2.75) is 25.3 Å². The van der Waals surface area contributed by atoms with Crippen molar-refractivity contribution in [3.63, 3.8) is 0 Å². The van der Waals surface area contributed by atoms with Crippen molar-refractivity contribution in [2.24, 2.45) is 0 Å². The van der Waals surface area contributed by atoms with E-state index in [4.69, 9.17) is 4.42 Å². The molecule has 1 amide bonds. The van der Waals surface area contributed by atoms with Crippen LogP contribution in [0, 0.1) is 6.92 Å². The van der Waals surface area contributed by atoms with Crippen LogP contribution in [0.1, 0.15) is 23.0 Å². The van der Waals surface area contributed by atoms with E-state index in [0.29, 0.717) is 12.3 Å². The molecule has 1 N–H and O–H groups in total. The summed E-state index contributed by atoms with van der Waals surface area (Å²) in [6.07, 6.45) is 3.88. The Kier molecular flexibility index (Phi) is 3.43. The fraction of sp³-hybridized carbons (Fsp3) is 0.273. The van der Waals surface area contributed by atoms with E-state index in [-0.39, 0.29) is 10.5 Å². The fourth-order valence-electron chi connectivity index (χ4n) is 1.51. The molecule has 0 fully saturated rings. The van der Waals surface area contributed by atoms with E-state index in [0.717, 1.165) is 0 Å². The Labute approximate surface area is 110 Å². The van der Waals surface area contributed by atoms with Crippen LogP contribution < -0.4 is 4.72 Å². The molecule has 0 saturated carbocycles. The zero-order chi connectivity index (χ0) is 14.0. The van der Waals surface area contributed by atoms with Gasteiger partial charge in [0.1, 0.15) is 10.7 Å². The lowest BCUT2D eigenvalue weighted by molar-refractivity contribution is 0.0980. The average Bonchev–Trinajstić information content (AvgIpc) is 2.96. The summed E-state index contributed by atoms with van der Waals surface area (Å²) in [5.41, 5.74) is 0.187. The van der Waals surface area contributed by atoms with Crippen LogP contribution in [0.4, 0.5) is 0 Å². The van der Waals surface area contributed by atoms with E-state index in [1.165, 1.54) is 29.4 Å².